The fourth-order valence-electron chi connectivity index (χ4n) is 2.07. The minimum Gasteiger partial charge on any atom is -0.308 e. The smallest absolute Gasteiger partial charge is 0.0756 e. The Bertz CT molecular complexity index is 506. The summed E-state index contributed by atoms with van der Waals surface area (Å²) in [5.74, 6) is 0. The van der Waals surface area contributed by atoms with Gasteiger partial charge in [-0.25, -0.2) is 0 Å². The predicted octanol–water partition coefficient (Wildman–Crippen LogP) is 2.75. The van der Waals surface area contributed by atoms with Crippen LogP contribution in [0.5, 0.6) is 0 Å². The highest BCUT2D eigenvalue weighted by Crippen LogP contribution is 2.18. The predicted molar refractivity (Wildman–Crippen MR) is 77.2 cm³/mol. The molecular formula is C14H19ClN4. The van der Waals surface area contributed by atoms with Crippen LogP contribution in [0.15, 0.2) is 30.5 Å². The van der Waals surface area contributed by atoms with Crippen LogP contribution in [-0.2, 0) is 13.5 Å². The van der Waals surface area contributed by atoms with Gasteiger partial charge in [0.2, 0.25) is 0 Å². The van der Waals surface area contributed by atoms with E-state index >= 15 is 0 Å². The molecule has 0 saturated heterocycles. The summed E-state index contributed by atoms with van der Waals surface area (Å²) in [4.78, 5) is 0. The van der Waals surface area contributed by atoms with Crippen molar-refractivity contribution >= 4 is 11.6 Å². The van der Waals surface area contributed by atoms with E-state index in [0.29, 0.717) is 0 Å². The second-order valence-corrected chi connectivity index (χ2v) is 5.06. The van der Waals surface area contributed by atoms with Crippen molar-refractivity contribution in [2.75, 3.05) is 6.54 Å². The second kappa shape index (κ2) is 6.68. The van der Waals surface area contributed by atoms with Crippen molar-refractivity contribution in [3.05, 3.63) is 46.7 Å². The molecule has 4 nitrogen and oxygen atoms in total. The summed E-state index contributed by atoms with van der Waals surface area (Å²) in [6.07, 6.45) is 3.82. The summed E-state index contributed by atoms with van der Waals surface area (Å²) in [5, 5.41) is 12.3. The lowest BCUT2D eigenvalue weighted by Crippen LogP contribution is -2.26. The summed E-state index contributed by atoms with van der Waals surface area (Å²) in [6, 6.07) is 8.20. The summed E-state index contributed by atoms with van der Waals surface area (Å²) < 4.78 is 1.82. The van der Waals surface area contributed by atoms with Gasteiger partial charge in [0.25, 0.3) is 0 Å². The van der Waals surface area contributed by atoms with Crippen molar-refractivity contribution in [3.8, 4) is 0 Å². The zero-order valence-corrected chi connectivity index (χ0v) is 12.1. The molecule has 0 aliphatic rings. The highest BCUT2D eigenvalue weighted by molar-refractivity contribution is 6.30. The molecule has 0 amide bonds. The lowest BCUT2D eigenvalue weighted by molar-refractivity contribution is 0.492. The molecule has 5 heteroatoms. The van der Waals surface area contributed by atoms with Gasteiger partial charge in [-0.1, -0.05) is 35.9 Å². The average Bonchev–Trinajstić information content (AvgIpc) is 2.83. The first kappa shape index (κ1) is 14.0. The van der Waals surface area contributed by atoms with Gasteiger partial charge in [0, 0.05) is 12.1 Å². The molecule has 102 valence electrons. The first-order valence-electron chi connectivity index (χ1n) is 6.53. The Morgan fingerprint density at radius 2 is 2.05 bits per heavy atom. The van der Waals surface area contributed by atoms with Crippen LogP contribution >= 0.6 is 11.6 Å². The molecule has 0 fully saturated rings. The normalized spacial score (nSPS) is 12.6. The number of hydrogen-bond donors (Lipinski definition) is 1. The summed E-state index contributed by atoms with van der Waals surface area (Å²) in [5.41, 5.74) is 2.35. The molecule has 0 aliphatic carbocycles. The van der Waals surface area contributed by atoms with Gasteiger partial charge in [-0.15, -0.1) is 5.10 Å². The first-order valence-corrected chi connectivity index (χ1v) is 6.91. The van der Waals surface area contributed by atoms with Crippen molar-refractivity contribution in [2.24, 2.45) is 7.05 Å². The third-order valence-corrected chi connectivity index (χ3v) is 3.35. The van der Waals surface area contributed by atoms with Crippen molar-refractivity contribution in [1.82, 2.24) is 20.3 Å². The van der Waals surface area contributed by atoms with E-state index in [0.717, 1.165) is 30.1 Å². The van der Waals surface area contributed by atoms with E-state index < -0.39 is 0 Å². The molecule has 1 atom stereocenters. The Hall–Kier alpha value is -1.39. The maximum absolute atomic E-state index is 5.92. The second-order valence-electron chi connectivity index (χ2n) is 4.62. The van der Waals surface area contributed by atoms with Crippen LogP contribution in [0.4, 0.5) is 0 Å². The molecular weight excluding hydrogens is 260 g/mol. The van der Waals surface area contributed by atoms with Gasteiger partial charge in [0.05, 0.1) is 17.9 Å². The maximum Gasteiger partial charge on any atom is 0.0756 e. The van der Waals surface area contributed by atoms with E-state index in [9.17, 15) is 0 Å². The summed E-state index contributed by atoms with van der Waals surface area (Å²) in [6.45, 7) is 3.14. The molecule has 19 heavy (non-hydrogen) atoms. The van der Waals surface area contributed by atoms with Gasteiger partial charge in [-0.3, -0.25) is 4.68 Å². The number of nitrogens with zero attached hydrogens (tertiary/aromatic N) is 3. The van der Waals surface area contributed by atoms with E-state index in [1.807, 2.05) is 30.1 Å². The van der Waals surface area contributed by atoms with Crippen molar-refractivity contribution in [3.63, 3.8) is 0 Å². The molecule has 0 spiro atoms. The largest absolute Gasteiger partial charge is 0.308 e. The van der Waals surface area contributed by atoms with Crippen LogP contribution in [0.2, 0.25) is 5.02 Å². The number of rotatable bonds is 6. The minimum atomic E-state index is 0.223. The molecule has 1 aromatic heterocycles. The van der Waals surface area contributed by atoms with Gasteiger partial charge in [-0.05, 0) is 37.1 Å². The van der Waals surface area contributed by atoms with Gasteiger partial charge >= 0.3 is 0 Å². The van der Waals surface area contributed by atoms with Crippen LogP contribution in [0.3, 0.4) is 0 Å². The number of aromatic nitrogens is 3. The fraction of sp³-hybridized carbons (Fsp3) is 0.429. The minimum absolute atomic E-state index is 0.223. The first-order chi connectivity index (χ1) is 9.20. The van der Waals surface area contributed by atoms with Gasteiger partial charge in [0.1, 0.15) is 0 Å². The maximum atomic E-state index is 5.92. The molecule has 2 aromatic rings. The van der Waals surface area contributed by atoms with Crippen molar-refractivity contribution in [2.45, 2.75) is 25.8 Å². The third kappa shape index (κ3) is 3.78. The molecule has 0 bridgehead atoms. The molecule has 1 aromatic carbocycles. The van der Waals surface area contributed by atoms with Crippen LogP contribution in [0.1, 0.15) is 30.6 Å². The lowest BCUT2D eigenvalue weighted by Gasteiger charge is -2.18. The fourth-order valence-corrected chi connectivity index (χ4v) is 2.20. The molecule has 0 saturated carbocycles. The Morgan fingerprint density at radius 1 is 1.32 bits per heavy atom. The van der Waals surface area contributed by atoms with Crippen molar-refractivity contribution < 1.29 is 0 Å². The van der Waals surface area contributed by atoms with E-state index in [-0.39, 0.29) is 6.04 Å². The SMILES string of the molecule is CCCNC(Cc1ccc(Cl)cc1)c1cnnn1C. The standard InChI is InChI=1S/C14H19ClN4/c1-3-8-16-13(14-10-17-18-19(14)2)9-11-4-6-12(15)7-5-11/h4-7,10,13,16H,3,8-9H2,1-2H3. The third-order valence-electron chi connectivity index (χ3n) is 3.10. The van der Waals surface area contributed by atoms with Gasteiger partial charge in [0.15, 0.2) is 0 Å². The summed E-state index contributed by atoms with van der Waals surface area (Å²) in [7, 11) is 1.92. The molecule has 0 aliphatic heterocycles. The van der Waals surface area contributed by atoms with E-state index in [1.54, 1.807) is 0 Å². The number of nitrogens with one attached hydrogen (secondary N) is 1. The number of aryl methyl sites for hydroxylation is 1. The highest BCUT2D eigenvalue weighted by Gasteiger charge is 2.15. The molecule has 1 N–H and O–H groups in total. The topological polar surface area (TPSA) is 42.7 Å². The van der Waals surface area contributed by atoms with Crippen LogP contribution < -0.4 is 5.32 Å². The number of hydrogen-bond acceptors (Lipinski definition) is 3. The Labute approximate surface area is 118 Å². The number of halogens is 1. The summed E-state index contributed by atoms with van der Waals surface area (Å²) >= 11 is 5.92. The zero-order valence-electron chi connectivity index (χ0n) is 11.3. The van der Waals surface area contributed by atoms with E-state index in [4.69, 9.17) is 11.6 Å². The van der Waals surface area contributed by atoms with Crippen LogP contribution in [0, 0.1) is 0 Å². The van der Waals surface area contributed by atoms with Gasteiger partial charge in [-0.2, -0.15) is 0 Å². The molecule has 2 rings (SSSR count). The highest BCUT2D eigenvalue weighted by atomic mass is 35.5. The molecule has 1 unspecified atom stereocenters. The van der Waals surface area contributed by atoms with E-state index in [2.05, 4.69) is 34.7 Å². The van der Waals surface area contributed by atoms with Crippen LogP contribution in [0.25, 0.3) is 0 Å². The van der Waals surface area contributed by atoms with Crippen LogP contribution in [-0.4, -0.2) is 21.5 Å². The molecule has 0 radical (unpaired) electrons. The Balaban J connectivity index is 2.14. The zero-order chi connectivity index (χ0) is 13.7. The molecule has 1 heterocycles. The van der Waals surface area contributed by atoms with E-state index in [1.165, 1.54) is 5.56 Å². The Kier molecular flexibility index (Phi) is 4.93. The average molecular weight is 279 g/mol. The lowest BCUT2D eigenvalue weighted by atomic mass is 10.0. The monoisotopic (exact) mass is 278 g/mol. The number of benzene rings is 1. The van der Waals surface area contributed by atoms with Crippen molar-refractivity contribution in [1.29, 1.82) is 0 Å². The van der Waals surface area contributed by atoms with Gasteiger partial charge < -0.3 is 5.32 Å². The Morgan fingerprint density at radius 3 is 2.63 bits per heavy atom. The quantitative estimate of drug-likeness (QED) is 0.883.